The molecule has 0 saturated carbocycles. The first-order chi connectivity index (χ1) is 11.4. The van der Waals surface area contributed by atoms with Crippen LogP contribution in [0.4, 0.5) is 0 Å². The molecule has 0 unspecified atom stereocenters. The predicted octanol–water partition coefficient (Wildman–Crippen LogP) is 6.52. The summed E-state index contributed by atoms with van der Waals surface area (Å²) < 4.78 is 0. The summed E-state index contributed by atoms with van der Waals surface area (Å²) in [7, 11) is 0. The van der Waals surface area contributed by atoms with E-state index in [-0.39, 0.29) is 0 Å². The van der Waals surface area contributed by atoms with Crippen molar-refractivity contribution in [3.8, 4) is 0 Å². The van der Waals surface area contributed by atoms with E-state index in [0.717, 1.165) is 13.0 Å². The molecule has 0 amide bonds. The minimum Gasteiger partial charge on any atom is -0.316 e. The average Bonchev–Trinajstić information content (AvgIpc) is 2.59. The largest absolute Gasteiger partial charge is 0.316 e. The van der Waals surface area contributed by atoms with Gasteiger partial charge in [-0.25, -0.2) is 0 Å². The molecule has 1 aromatic carbocycles. The van der Waals surface area contributed by atoms with E-state index in [2.05, 4.69) is 42.6 Å². The molecule has 0 aliphatic rings. The number of hydrogen-bond acceptors (Lipinski definition) is 1. The van der Waals surface area contributed by atoms with Gasteiger partial charge in [0.15, 0.2) is 0 Å². The van der Waals surface area contributed by atoms with Gasteiger partial charge in [-0.1, -0.05) is 108 Å². The summed E-state index contributed by atoms with van der Waals surface area (Å²) in [5.41, 5.74) is 1.44. The Labute approximate surface area is 145 Å². The summed E-state index contributed by atoms with van der Waals surface area (Å²) in [5, 5.41) is 3.57. The van der Waals surface area contributed by atoms with Crippen molar-refractivity contribution < 1.29 is 0 Å². The van der Waals surface area contributed by atoms with Crippen LogP contribution in [0.15, 0.2) is 30.3 Å². The molecular weight excluding hydrogens is 278 g/mol. The summed E-state index contributed by atoms with van der Waals surface area (Å²) in [6.07, 6.45) is 18.3. The van der Waals surface area contributed by atoms with E-state index in [4.69, 9.17) is 0 Å². The first-order valence-electron chi connectivity index (χ1n) is 10.2. The van der Waals surface area contributed by atoms with Crippen molar-refractivity contribution in [3.63, 3.8) is 0 Å². The van der Waals surface area contributed by atoms with Crippen molar-refractivity contribution in [2.45, 2.75) is 90.4 Å². The quantitative estimate of drug-likeness (QED) is 0.342. The Hall–Kier alpha value is -0.820. The lowest BCUT2D eigenvalue weighted by Crippen LogP contribution is -2.18. The molecule has 0 aromatic heterocycles. The monoisotopic (exact) mass is 317 g/mol. The van der Waals surface area contributed by atoms with Crippen LogP contribution in [0.5, 0.6) is 0 Å². The number of rotatable bonds is 16. The molecule has 0 bridgehead atoms. The van der Waals surface area contributed by atoms with E-state index >= 15 is 0 Å². The van der Waals surface area contributed by atoms with Crippen LogP contribution < -0.4 is 5.32 Å². The second-order valence-corrected chi connectivity index (χ2v) is 6.87. The highest BCUT2D eigenvalue weighted by molar-refractivity contribution is 5.14. The number of nitrogens with one attached hydrogen (secondary N) is 1. The Kier molecular flexibility index (Phi) is 14.1. The molecule has 1 heteroatoms. The third-order valence-electron chi connectivity index (χ3n) is 4.64. The fourth-order valence-corrected chi connectivity index (χ4v) is 3.09. The summed E-state index contributed by atoms with van der Waals surface area (Å²) in [5.74, 6) is 0. The third kappa shape index (κ3) is 13.3. The third-order valence-corrected chi connectivity index (χ3v) is 4.64. The SMILES string of the molecule is CCCCCCCCCCCCCCNCCc1ccccc1. The number of benzene rings is 1. The van der Waals surface area contributed by atoms with Crippen LogP contribution >= 0.6 is 0 Å². The molecule has 0 atom stereocenters. The number of unbranched alkanes of at least 4 members (excludes halogenated alkanes) is 11. The fraction of sp³-hybridized carbons (Fsp3) is 0.727. The van der Waals surface area contributed by atoms with Crippen molar-refractivity contribution in [1.82, 2.24) is 5.32 Å². The van der Waals surface area contributed by atoms with Crippen molar-refractivity contribution in [1.29, 1.82) is 0 Å². The molecule has 0 radical (unpaired) electrons. The predicted molar refractivity (Wildman–Crippen MR) is 104 cm³/mol. The standard InChI is InChI=1S/C22H39N/c1-2-3-4-5-6-7-8-9-10-11-12-16-20-23-21-19-22-17-14-13-15-18-22/h13-15,17-18,23H,2-12,16,19-21H2,1H3. The van der Waals surface area contributed by atoms with Gasteiger partial charge in [-0.3, -0.25) is 0 Å². The van der Waals surface area contributed by atoms with Crippen molar-refractivity contribution >= 4 is 0 Å². The van der Waals surface area contributed by atoms with Crippen LogP contribution in [0, 0.1) is 0 Å². The van der Waals surface area contributed by atoms with Crippen LogP contribution in [-0.4, -0.2) is 13.1 Å². The van der Waals surface area contributed by atoms with E-state index in [9.17, 15) is 0 Å². The highest BCUT2D eigenvalue weighted by atomic mass is 14.8. The van der Waals surface area contributed by atoms with Gasteiger partial charge in [0.05, 0.1) is 0 Å². The molecule has 0 aliphatic carbocycles. The summed E-state index contributed by atoms with van der Waals surface area (Å²) in [4.78, 5) is 0. The first kappa shape index (κ1) is 20.2. The van der Waals surface area contributed by atoms with Gasteiger partial charge in [-0.05, 0) is 31.5 Å². The van der Waals surface area contributed by atoms with Crippen LogP contribution in [0.1, 0.15) is 89.5 Å². The molecule has 0 aliphatic heterocycles. The van der Waals surface area contributed by atoms with Crippen molar-refractivity contribution in [2.24, 2.45) is 0 Å². The summed E-state index contributed by atoms with van der Waals surface area (Å²) >= 11 is 0. The van der Waals surface area contributed by atoms with E-state index < -0.39 is 0 Å². The van der Waals surface area contributed by atoms with Crippen molar-refractivity contribution in [3.05, 3.63) is 35.9 Å². The van der Waals surface area contributed by atoms with Gasteiger partial charge in [-0.15, -0.1) is 0 Å². The van der Waals surface area contributed by atoms with Crippen molar-refractivity contribution in [2.75, 3.05) is 13.1 Å². The van der Waals surface area contributed by atoms with Gasteiger partial charge >= 0.3 is 0 Å². The van der Waals surface area contributed by atoms with Gasteiger partial charge in [0.25, 0.3) is 0 Å². The van der Waals surface area contributed by atoms with E-state index in [1.807, 2.05) is 0 Å². The lowest BCUT2D eigenvalue weighted by atomic mass is 10.1. The maximum absolute atomic E-state index is 3.57. The fourth-order valence-electron chi connectivity index (χ4n) is 3.09. The zero-order valence-electron chi connectivity index (χ0n) is 15.5. The second-order valence-electron chi connectivity index (χ2n) is 6.87. The molecule has 1 aromatic rings. The highest BCUT2D eigenvalue weighted by Crippen LogP contribution is 2.11. The zero-order chi connectivity index (χ0) is 16.4. The van der Waals surface area contributed by atoms with Crippen LogP contribution in [0.25, 0.3) is 0 Å². The van der Waals surface area contributed by atoms with Crippen LogP contribution in [0.3, 0.4) is 0 Å². The normalized spacial score (nSPS) is 11.0. The second kappa shape index (κ2) is 16.1. The molecule has 0 heterocycles. The molecule has 0 fully saturated rings. The zero-order valence-corrected chi connectivity index (χ0v) is 15.5. The van der Waals surface area contributed by atoms with E-state index in [1.54, 1.807) is 0 Å². The van der Waals surface area contributed by atoms with Crippen LogP contribution in [-0.2, 0) is 6.42 Å². The Morgan fingerprint density at radius 3 is 1.70 bits per heavy atom. The molecule has 0 saturated heterocycles. The van der Waals surface area contributed by atoms with E-state index in [1.165, 1.54) is 89.2 Å². The summed E-state index contributed by atoms with van der Waals surface area (Å²) in [6, 6.07) is 10.8. The first-order valence-corrected chi connectivity index (χ1v) is 10.2. The molecule has 132 valence electrons. The van der Waals surface area contributed by atoms with Gasteiger partial charge in [0.2, 0.25) is 0 Å². The Bertz CT molecular complexity index is 333. The molecule has 1 rings (SSSR count). The van der Waals surface area contributed by atoms with E-state index in [0.29, 0.717) is 0 Å². The van der Waals surface area contributed by atoms with Gasteiger partial charge in [0.1, 0.15) is 0 Å². The maximum Gasteiger partial charge on any atom is -0.000835 e. The molecule has 1 N–H and O–H groups in total. The molecule has 23 heavy (non-hydrogen) atoms. The smallest absolute Gasteiger partial charge is 0.000835 e. The molecular formula is C22H39N. The van der Waals surface area contributed by atoms with Gasteiger partial charge < -0.3 is 5.32 Å². The molecule has 0 spiro atoms. The minimum absolute atomic E-state index is 1.11. The Morgan fingerprint density at radius 2 is 1.13 bits per heavy atom. The van der Waals surface area contributed by atoms with Crippen LogP contribution in [0.2, 0.25) is 0 Å². The van der Waals surface area contributed by atoms with Gasteiger partial charge in [-0.2, -0.15) is 0 Å². The minimum atomic E-state index is 1.11. The highest BCUT2D eigenvalue weighted by Gasteiger charge is 1.94. The summed E-state index contributed by atoms with van der Waals surface area (Å²) in [6.45, 7) is 4.59. The average molecular weight is 318 g/mol. The Morgan fingerprint density at radius 1 is 0.609 bits per heavy atom. The lowest BCUT2D eigenvalue weighted by Gasteiger charge is -2.05. The Balaban J connectivity index is 1.72. The lowest BCUT2D eigenvalue weighted by molar-refractivity contribution is 0.536. The number of hydrogen-bond donors (Lipinski definition) is 1. The van der Waals surface area contributed by atoms with Gasteiger partial charge in [0, 0.05) is 0 Å². The topological polar surface area (TPSA) is 12.0 Å². The maximum atomic E-state index is 3.57. The molecule has 1 nitrogen and oxygen atoms in total.